The molecule has 0 radical (unpaired) electrons. The molecule has 0 bridgehead atoms. The summed E-state index contributed by atoms with van der Waals surface area (Å²) in [7, 11) is 0. The van der Waals surface area contributed by atoms with E-state index in [9.17, 15) is 5.26 Å². The maximum absolute atomic E-state index is 9.90. The first kappa shape index (κ1) is 30.9. The molecular weight excluding hydrogens is 570 g/mol. The Morgan fingerprint density at radius 1 is 1.11 bits per heavy atom. The molecule has 2 rings (SSSR count). The van der Waals surface area contributed by atoms with Crippen molar-refractivity contribution in [3.63, 3.8) is 0 Å². The van der Waals surface area contributed by atoms with Crippen molar-refractivity contribution in [3.05, 3.63) is 56.2 Å². The summed E-state index contributed by atoms with van der Waals surface area (Å²) in [5.74, 6) is 1.41. The Kier molecular flexibility index (Phi) is 14.6. The average molecular weight is 611 g/mol. The van der Waals surface area contributed by atoms with Gasteiger partial charge in [-0.3, -0.25) is 0 Å². The monoisotopic (exact) mass is 609 g/mol. The second-order valence-electron chi connectivity index (χ2n) is 9.85. The molecule has 0 aliphatic heterocycles. The Bertz CT molecular complexity index is 932. The second kappa shape index (κ2) is 16.5. The van der Waals surface area contributed by atoms with Crippen molar-refractivity contribution in [2.24, 2.45) is 5.41 Å². The Labute approximate surface area is 240 Å². The molecule has 2 atom stereocenters. The largest absolute Gasteiger partial charge is 0.198 e. The molecule has 2 aromatic rings. The average Bonchev–Trinajstić information content (AvgIpc) is 3.22. The molecule has 2 unspecified atom stereocenters. The Hall–Kier alpha value is -0.320. The van der Waals surface area contributed by atoms with Gasteiger partial charge in [0.25, 0.3) is 0 Å². The number of unbranched alkanes of at least 4 members (excludes halogenated alkanes) is 4. The first-order valence-electron chi connectivity index (χ1n) is 12.9. The highest BCUT2D eigenvalue weighted by molar-refractivity contribution is 9.11. The smallest absolute Gasteiger partial charge is 0.104 e. The maximum atomic E-state index is 9.90. The Morgan fingerprint density at radius 3 is 2.49 bits per heavy atom. The lowest BCUT2D eigenvalue weighted by atomic mass is 9.80. The van der Waals surface area contributed by atoms with Crippen molar-refractivity contribution in [1.82, 2.24) is 0 Å². The molecule has 0 aliphatic carbocycles. The molecule has 192 valence electrons. The molecule has 0 amide bonds. The van der Waals surface area contributed by atoms with Gasteiger partial charge < -0.3 is 0 Å². The zero-order valence-corrected chi connectivity index (χ0v) is 26.5. The van der Waals surface area contributed by atoms with E-state index in [-0.39, 0.29) is 10.7 Å². The number of halogens is 1. The summed E-state index contributed by atoms with van der Waals surface area (Å²) in [4.78, 5) is 1.46. The lowest BCUT2D eigenvalue weighted by Gasteiger charge is -2.28. The predicted octanol–water partition coefficient (Wildman–Crippen LogP) is 11.3. The number of aryl methyl sites for hydroxylation is 1. The molecule has 0 saturated carbocycles. The van der Waals surface area contributed by atoms with Crippen molar-refractivity contribution in [3.8, 4) is 6.07 Å². The fraction of sp³-hybridized carbons (Fsp3) is 0.586. The molecule has 0 N–H and O–H groups in total. The van der Waals surface area contributed by atoms with Crippen molar-refractivity contribution < 1.29 is 0 Å². The third kappa shape index (κ3) is 11.3. The fourth-order valence-corrected chi connectivity index (χ4v) is 9.04. The van der Waals surface area contributed by atoms with Crippen LogP contribution in [-0.4, -0.2) is 9.28 Å². The van der Waals surface area contributed by atoms with Gasteiger partial charge in [-0.05, 0) is 90.7 Å². The van der Waals surface area contributed by atoms with E-state index in [4.69, 9.17) is 12.2 Å². The summed E-state index contributed by atoms with van der Waals surface area (Å²) >= 11 is 15.1. The van der Waals surface area contributed by atoms with E-state index >= 15 is 0 Å². The molecule has 1 heterocycles. The zero-order chi connectivity index (χ0) is 25.7. The Morgan fingerprint density at radius 2 is 1.83 bits per heavy atom. The van der Waals surface area contributed by atoms with Crippen LogP contribution in [0.2, 0.25) is 0 Å². The van der Waals surface area contributed by atoms with Gasteiger partial charge >= 0.3 is 0 Å². The van der Waals surface area contributed by atoms with E-state index in [0.29, 0.717) is 5.92 Å². The van der Waals surface area contributed by atoms with Crippen LogP contribution in [-0.2, 0) is 6.42 Å². The van der Waals surface area contributed by atoms with Crippen LogP contribution in [0.25, 0.3) is 0 Å². The summed E-state index contributed by atoms with van der Waals surface area (Å²) in [5, 5.41) is 10.2. The molecule has 0 saturated heterocycles. The lowest BCUT2D eigenvalue weighted by molar-refractivity contribution is 0.388. The second-order valence-corrected chi connectivity index (χ2v) is 15.8. The molecular formula is C29H40BrNS4. The number of nitrogens with zero attached hydrogens (tertiary/aromatic N) is 1. The van der Waals surface area contributed by atoms with E-state index in [1.807, 2.05) is 34.9 Å². The highest BCUT2D eigenvalue weighted by atomic mass is 79.9. The third-order valence-corrected chi connectivity index (χ3v) is 11.0. The van der Waals surface area contributed by atoms with Crippen LogP contribution >= 0.6 is 63.0 Å². The van der Waals surface area contributed by atoms with E-state index < -0.39 is 0 Å². The molecule has 1 aromatic heterocycles. The zero-order valence-electron chi connectivity index (χ0n) is 21.6. The van der Waals surface area contributed by atoms with Gasteiger partial charge in [0.1, 0.15) is 3.53 Å². The number of hydrogen-bond donors (Lipinski definition) is 0. The summed E-state index contributed by atoms with van der Waals surface area (Å²) in [6.07, 6.45) is 10.4. The minimum Gasteiger partial charge on any atom is -0.198 e. The maximum Gasteiger partial charge on any atom is 0.104 e. The number of rotatable bonds is 15. The summed E-state index contributed by atoms with van der Waals surface area (Å²) in [6.45, 7) is 8.65. The van der Waals surface area contributed by atoms with Crippen molar-refractivity contribution in [1.29, 1.82) is 5.26 Å². The topological polar surface area (TPSA) is 23.8 Å². The fourth-order valence-electron chi connectivity index (χ4n) is 4.26. The van der Waals surface area contributed by atoms with Crippen LogP contribution in [0.5, 0.6) is 0 Å². The van der Waals surface area contributed by atoms with Gasteiger partial charge in [-0.25, -0.2) is 0 Å². The van der Waals surface area contributed by atoms with E-state index in [1.165, 1.54) is 58.3 Å². The van der Waals surface area contributed by atoms with Crippen LogP contribution in [0.1, 0.15) is 106 Å². The van der Waals surface area contributed by atoms with Gasteiger partial charge in [0.05, 0.1) is 15.3 Å². The van der Waals surface area contributed by atoms with Gasteiger partial charge in [-0.1, -0.05) is 93.8 Å². The number of hydrogen-bond acceptors (Lipinski definition) is 5. The van der Waals surface area contributed by atoms with Crippen molar-refractivity contribution in [2.75, 3.05) is 5.75 Å². The SMILES string of the molecule is CCCCCCc1cc(Br)sc1C(CC(SC(=S)SCCCC)c1ccccc1)CC(C)(C)C#N. The third-order valence-electron chi connectivity index (χ3n) is 6.17. The molecule has 6 heteroatoms. The number of thioether (sulfide) groups is 2. The number of benzene rings is 1. The highest BCUT2D eigenvalue weighted by Gasteiger charge is 2.30. The van der Waals surface area contributed by atoms with Crippen LogP contribution in [0.15, 0.2) is 40.2 Å². The van der Waals surface area contributed by atoms with Crippen LogP contribution in [0, 0.1) is 16.7 Å². The normalized spacial score (nSPS) is 13.4. The molecule has 35 heavy (non-hydrogen) atoms. The van der Waals surface area contributed by atoms with Crippen LogP contribution < -0.4 is 0 Å². The van der Waals surface area contributed by atoms with Gasteiger partial charge in [-0.2, -0.15) is 5.26 Å². The number of thiophene rings is 1. The molecule has 1 aromatic carbocycles. The summed E-state index contributed by atoms with van der Waals surface area (Å²) in [5.41, 5.74) is 2.42. The molecule has 0 aliphatic rings. The highest BCUT2D eigenvalue weighted by Crippen LogP contribution is 2.47. The van der Waals surface area contributed by atoms with Gasteiger partial charge in [0.2, 0.25) is 0 Å². The van der Waals surface area contributed by atoms with Crippen molar-refractivity contribution >= 4 is 66.5 Å². The minimum absolute atomic E-state index is 0.283. The van der Waals surface area contributed by atoms with Gasteiger partial charge in [0, 0.05) is 10.1 Å². The lowest BCUT2D eigenvalue weighted by Crippen LogP contribution is -2.16. The predicted molar refractivity (Wildman–Crippen MR) is 168 cm³/mol. The van der Waals surface area contributed by atoms with E-state index in [2.05, 4.69) is 86.1 Å². The van der Waals surface area contributed by atoms with E-state index in [1.54, 1.807) is 0 Å². The van der Waals surface area contributed by atoms with Gasteiger partial charge in [-0.15, -0.1) is 23.1 Å². The number of thiocarbonyl (C=S) groups is 1. The molecule has 0 fully saturated rings. The van der Waals surface area contributed by atoms with Gasteiger partial charge in [0.15, 0.2) is 0 Å². The number of nitriles is 1. The summed E-state index contributed by atoms with van der Waals surface area (Å²) < 4.78 is 2.24. The van der Waals surface area contributed by atoms with Crippen LogP contribution in [0.3, 0.4) is 0 Å². The van der Waals surface area contributed by atoms with Crippen molar-refractivity contribution in [2.45, 2.75) is 96.7 Å². The molecule has 0 spiro atoms. The molecule has 1 nitrogen and oxygen atoms in total. The standard InChI is InChI=1S/C29H40BrNS4/c1-5-7-9-11-16-23-19-26(30)35-27(23)24(20-29(3,4)21-31)18-25(22-14-12-10-13-15-22)34-28(32)33-17-8-6-2/h10,12-15,19,24-25H,5-9,11,16-18,20H2,1-4H3. The first-order valence-corrected chi connectivity index (χ1v) is 16.8. The van der Waals surface area contributed by atoms with E-state index in [0.717, 1.165) is 28.5 Å². The summed E-state index contributed by atoms with van der Waals surface area (Å²) in [6, 6.07) is 15.7. The quantitative estimate of drug-likeness (QED) is 0.148. The minimum atomic E-state index is -0.372. The Balaban J connectivity index is 2.34. The first-order chi connectivity index (χ1) is 16.8. The van der Waals surface area contributed by atoms with Crippen LogP contribution in [0.4, 0.5) is 0 Å².